The van der Waals surface area contributed by atoms with E-state index in [1.165, 1.54) is 37.7 Å². The summed E-state index contributed by atoms with van der Waals surface area (Å²) in [5.41, 5.74) is 1.35. The summed E-state index contributed by atoms with van der Waals surface area (Å²) in [6.07, 6.45) is 12.1. The third-order valence-electron chi connectivity index (χ3n) is 5.06. The summed E-state index contributed by atoms with van der Waals surface area (Å²) in [5.74, 6) is 0.343. The van der Waals surface area contributed by atoms with Gasteiger partial charge in [0.05, 0.1) is 6.54 Å². The van der Waals surface area contributed by atoms with Crippen LogP contribution in [-0.2, 0) is 11.2 Å². The molecule has 1 aromatic heterocycles. The van der Waals surface area contributed by atoms with E-state index in [9.17, 15) is 4.79 Å². The first-order valence-electron chi connectivity index (χ1n) is 8.73. The smallest absolute Gasteiger partial charge is 0.236 e. The molecule has 2 aliphatic heterocycles. The Morgan fingerprint density at radius 2 is 1.86 bits per heavy atom. The SMILES string of the molecule is O=C(CN1CCCC1CCc1ccncc1)N1CCCCC1. The van der Waals surface area contributed by atoms with E-state index in [0.717, 1.165) is 32.5 Å². The van der Waals surface area contributed by atoms with Crippen molar-refractivity contribution < 1.29 is 4.79 Å². The van der Waals surface area contributed by atoms with Gasteiger partial charge in [-0.15, -0.1) is 0 Å². The third-order valence-corrected chi connectivity index (χ3v) is 5.06. The fourth-order valence-corrected chi connectivity index (χ4v) is 3.73. The van der Waals surface area contributed by atoms with Gasteiger partial charge < -0.3 is 4.90 Å². The van der Waals surface area contributed by atoms with Gasteiger partial charge >= 0.3 is 0 Å². The summed E-state index contributed by atoms with van der Waals surface area (Å²) in [6, 6.07) is 4.76. The first-order valence-corrected chi connectivity index (χ1v) is 8.73. The Hall–Kier alpha value is -1.42. The molecule has 1 amide bonds. The Morgan fingerprint density at radius 3 is 2.64 bits per heavy atom. The van der Waals surface area contributed by atoms with Crippen LogP contribution in [-0.4, -0.2) is 52.9 Å². The van der Waals surface area contributed by atoms with Gasteiger partial charge in [0.25, 0.3) is 0 Å². The molecule has 3 heterocycles. The Bertz CT molecular complexity index is 470. The van der Waals surface area contributed by atoms with E-state index in [2.05, 4.69) is 26.9 Å². The lowest BCUT2D eigenvalue weighted by Gasteiger charge is -2.30. The summed E-state index contributed by atoms with van der Waals surface area (Å²) in [6.45, 7) is 3.64. The van der Waals surface area contributed by atoms with Gasteiger partial charge in [-0.05, 0) is 69.2 Å². The van der Waals surface area contributed by atoms with Gasteiger partial charge in [-0.3, -0.25) is 14.7 Å². The molecule has 4 nitrogen and oxygen atoms in total. The fraction of sp³-hybridized carbons (Fsp3) is 0.667. The standard InChI is InChI=1S/C18H27N3O/c22-18(20-12-2-1-3-13-20)15-21-14-4-5-17(21)7-6-16-8-10-19-11-9-16/h8-11,17H,1-7,12-15H2. The van der Waals surface area contributed by atoms with E-state index >= 15 is 0 Å². The molecule has 4 heteroatoms. The number of amides is 1. The van der Waals surface area contributed by atoms with E-state index in [-0.39, 0.29) is 0 Å². The number of carbonyl (C=O) groups is 1. The van der Waals surface area contributed by atoms with Gasteiger partial charge in [0.15, 0.2) is 0 Å². The molecule has 22 heavy (non-hydrogen) atoms. The van der Waals surface area contributed by atoms with Crippen molar-refractivity contribution in [3.05, 3.63) is 30.1 Å². The Morgan fingerprint density at radius 1 is 1.09 bits per heavy atom. The minimum Gasteiger partial charge on any atom is -0.342 e. The highest BCUT2D eigenvalue weighted by Crippen LogP contribution is 2.22. The topological polar surface area (TPSA) is 36.4 Å². The van der Waals surface area contributed by atoms with Gasteiger partial charge in [0, 0.05) is 31.5 Å². The minimum atomic E-state index is 0.343. The van der Waals surface area contributed by atoms with E-state index in [1.54, 1.807) is 0 Å². The van der Waals surface area contributed by atoms with Crippen LogP contribution in [0, 0.1) is 0 Å². The van der Waals surface area contributed by atoms with Gasteiger partial charge in [0.2, 0.25) is 5.91 Å². The van der Waals surface area contributed by atoms with E-state index < -0.39 is 0 Å². The molecule has 3 rings (SSSR count). The summed E-state index contributed by atoms with van der Waals surface area (Å²) in [5, 5.41) is 0. The summed E-state index contributed by atoms with van der Waals surface area (Å²) < 4.78 is 0. The Labute approximate surface area is 133 Å². The molecule has 0 radical (unpaired) electrons. The van der Waals surface area contributed by atoms with Crippen LogP contribution in [0.4, 0.5) is 0 Å². The predicted octanol–water partition coefficient (Wildman–Crippen LogP) is 2.49. The van der Waals surface area contributed by atoms with E-state index in [1.807, 2.05) is 12.4 Å². The summed E-state index contributed by atoms with van der Waals surface area (Å²) >= 11 is 0. The molecule has 0 N–H and O–H groups in total. The lowest BCUT2D eigenvalue weighted by atomic mass is 10.0. The molecule has 120 valence electrons. The highest BCUT2D eigenvalue weighted by Gasteiger charge is 2.27. The number of pyridine rings is 1. The highest BCUT2D eigenvalue weighted by molar-refractivity contribution is 5.78. The minimum absolute atomic E-state index is 0.343. The maximum absolute atomic E-state index is 12.4. The highest BCUT2D eigenvalue weighted by atomic mass is 16.2. The second-order valence-electron chi connectivity index (χ2n) is 6.60. The zero-order valence-electron chi connectivity index (χ0n) is 13.4. The number of hydrogen-bond acceptors (Lipinski definition) is 3. The molecule has 2 aliphatic rings. The number of carbonyl (C=O) groups excluding carboxylic acids is 1. The molecule has 1 aromatic rings. The van der Waals surface area contributed by atoms with Crippen LogP contribution in [0.25, 0.3) is 0 Å². The fourth-order valence-electron chi connectivity index (χ4n) is 3.73. The lowest BCUT2D eigenvalue weighted by molar-refractivity contribution is -0.133. The number of hydrogen-bond donors (Lipinski definition) is 0. The number of aromatic nitrogens is 1. The van der Waals surface area contributed by atoms with Gasteiger partial charge in [-0.2, -0.15) is 0 Å². The van der Waals surface area contributed by atoms with Gasteiger partial charge in [-0.25, -0.2) is 0 Å². The molecule has 0 aliphatic carbocycles. The number of likely N-dealkylation sites (tertiary alicyclic amines) is 2. The predicted molar refractivity (Wildman–Crippen MR) is 87.6 cm³/mol. The van der Waals surface area contributed by atoms with Crippen LogP contribution in [0.2, 0.25) is 0 Å². The molecule has 0 bridgehead atoms. The quantitative estimate of drug-likeness (QED) is 0.838. The molecule has 2 fully saturated rings. The average molecular weight is 301 g/mol. The van der Waals surface area contributed by atoms with Crippen molar-refractivity contribution in [2.75, 3.05) is 26.2 Å². The van der Waals surface area contributed by atoms with Gasteiger partial charge in [0.1, 0.15) is 0 Å². The van der Waals surface area contributed by atoms with Gasteiger partial charge in [-0.1, -0.05) is 0 Å². The molecule has 0 aromatic carbocycles. The maximum Gasteiger partial charge on any atom is 0.236 e. The number of nitrogens with zero attached hydrogens (tertiary/aromatic N) is 3. The second-order valence-corrected chi connectivity index (χ2v) is 6.60. The van der Waals surface area contributed by atoms with Crippen molar-refractivity contribution in [2.24, 2.45) is 0 Å². The van der Waals surface area contributed by atoms with Crippen LogP contribution in [0.15, 0.2) is 24.5 Å². The second kappa shape index (κ2) is 7.73. The van der Waals surface area contributed by atoms with Crippen LogP contribution < -0.4 is 0 Å². The van der Waals surface area contributed by atoms with Crippen LogP contribution in [0.5, 0.6) is 0 Å². The van der Waals surface area contributed by atoms with Crippen molar-refractivity contribution in [2.45, 2.75) is 51.0 Å². The third kappa shape index (κ3) is 4.07. The van der Waals surface area contributed by atoms with Crippen molar-refractivity contribution in [1.82, 2.24) is 14.8 Å². The summed E-state index contributed by atoms with van der Waals surface area (Å²) in [7, 11) is 0. The number of rotatable bonds is 5. The molecule has 0 saturated carbocycles. The van der Waals surface area contributed by atoms with Crippen LogP contribution >= 0.6 is 0 Å². The first-order chi connectivity index (χ1) is 10.8. The zero-order chi connectivity index (χ0) is 15.2. The molecule has 1 unspecified atom stereocenters. The monoisotopic (exact) mass is 301 g/mol. The average Bonchev–Trinajstić information content (AvgIpc) is 3.02. The van der Waals surface area contributed by atoms with E-state index in [0.29, 0.717) is 18.5 Å². The van der Waals surface area contributed by atoms with Crippen LogP contribution in [0.3, 0.4) is 0 Å². The molecule has 0 spiro atoms. The first kappa shape index (κ1) is 15.5. The van der Waals surface area contributed by atoms with Crippen molar-refractivity contribution in [1.29, 1.82) is 0 Å². The largest absolute Gasteiger partial charge is 0.342 e. The Kier molecular flexibility index (Phi) is 5.43. The normalized spacial score (nSPS) is 22.9. The summed E-state index contributed by atoms with van der Waals surface area (Å²) in [4.78, 5) is 21.0. The molecule has 1 atom stereocenters. The van der Waals surface area contributed by atoms with E-state index in [4.69, 9.17) is 0 Å². The van der Waals surface area contributed by atoms with Crippen molar-refractivity contribution >= 4 is 5.91 Å². The zero-order valence-corrected chi connectivity index (χ0v) is 13.4. The lowest BCUT2D eigenvalue weighted by Crippen LogP contribution is -2.44. The van der Waals surface area contributed by atoms with Crippen LogP contribution in [0.1, 0.15) is 44.1 Å². The Balaban J connectivity index is 1.48. The van der Waals surface area contributed by atoms with Crippen molar-refractivity contribution in [3.63, 3.8) is 0 Å². The molecule has 2 saturated heterocycles. The molecular formula is C18H27N3O. The molecular weight excluding hydrogens is 274 g/mol. The van der Waals surface area contributed by atoms with Crippen molar-refractivity contribution in [3.8, 4) is 0 Å². The number of aryl methyl sites for hydroxylation is 1. The number of piperidine rings is 1. The maximum atomic E-state index is 12.4.